The average Bonchev–Trinajstić information content (AvgIpc) is 2.34. The van der Waals surface area contributed by atoms with Crippen LogP contribution in [0.15, 0.2) is 0 Å². The van der Waals surface area contributed by atoms with Crippen molar-refractivity contribution in [2.75, 3.05) is 26.2 Å². The van der Waals surface area contributed by atoms with E-state index in [-0.39, 0.29) is 6.04 Å². The van der Waals surface area contributed by atoms with Gasteiger partial charge in [0.25, 0.3) is 10.2 Å². The molecule has 2 N–H and O–H groups in total. The van der Waals surface area contributed by atoms with Crippen molar-refractivity contribution in [3.05, 3.63) is 0 Å². The second kappa shape index (κ2) is 3.20. The Morgan fingerprint density at radius 3 is 2.23 bits per heavy atom. The number of piperidine rings is 1. The lowest BCUT2D eigenvalue weighted by Crippen LogP contribution is -2.44. The fourth-order valence-electron chi connectivity index (χ4n) is 2.19. The van der Waals surface area contributed by atoms with Gasteiger partial charge in [-0.2, -0.15) is 12.7 Å². The first-order valence-electron chi connectivity index (χ1n) is 4.59. The van der Waals surface area contributed by atoms with Gasteiger partial charge in [0, 0.05) is 19.1 Å². The highest BCUT2D eigenvalue weighted by atomic mass is 32.2. The summed E-state index contributed by atoms with van der Waals surface area (Å²) in [6, 6.07) is 0.147. The fraction of sp³-hybridized carbons (Fsp3) is 1.00. The Bertz CT molecular complexity index is 282. The summed E-state index contributed by atoms with van der Waals surface area (Å²) in [6.07, 6.45) is 1.85. The van der Waals surface area contributed by atoms with Crippen molar-refractivity contribution < 1.29 is 8.42 Å². The standard InChI is InChI=1S/C7H15N3O2S/c8-13(11,12)10-6-5-9-3-1-7(10)2-4-9/h7H,1-6H2,(H2,8,11,12). The Hall–Kier alpha value is -0.170. The first-order valence-corrected chi connectivity index (χ1v) is 6.09. The van der Waals surface area contributed by atoms with Gasteiger partial charge in [0.05, 0.1) is 0 Å². The highest BCUT2D eigenvalue weighted by molar-refractivity contribution is 7.86. The third-order valence-corrected chi connectivity index (χ3v) is 4.06. The summed E-state index contributed by atoms with van der Waals surface area (Å²) in [5.41, 5.74) is 0. The molecule has 3 rings (SSSR count). The number of nitrogens with zero attached hydrogens (tertiary/aromatic N) is 2. The number of nitrogens with two attached hydrogens (primary N) is 1. The molecule has 0 aromatic carbocycles. The average molecular weight is 205 g/mol. The van der Waals surface area contributed by atoms with Crippen molar-refractivity contribution in [3.63, 3.8) is 0 Å². The third-order valence-electron chi connectivity index (χ3n) is 2.93. The third kappa shape index (κ3) is 1.85. The molecule has 0 aromatic rings. The van der Waals surface area contributed by atoms with Crippen molar-refractivity contribution in [2.45, 2.75) is 18.9 Å². The second-order valence-corrected chi connectivity index (χ2v) is 5.23. The van der Waals surface area contributed by atoms with E-state index in [1.807, 2.05) is 0 Å². The van der Waals surface area contributed by atoms with E-state index in [0.29, 0.717) is 6.54 Å². The largest absolute Gasteiger partial charge is 0.302 e. The molecule has 0 radical (unpaired) electrons. The minimum atomic E-state index is -3.48. The molecule has 0 amide bonds. The Labute approximate surface area is 78.7 Å². The smallest absolute Gasteiger partial charge is 0.277 e. The van der Waals surface area contributed by atoms with E-state index in [2.05, 4.69) is 4.90 Å². The predicted molar refractivity (Wildman–Crippen MR) is 49.3 cm³/mol. The summed E-state index contributed by atoms with van der Waals surface area (Å²) < 4.78 is 23.9. The van der Waals surface area contributed by atoms with Crippen molar-refractivity contribution >= 4 is 10.2 Å². The number of hydrogen-bond acceptors (Lipinski definition) is 3. The van der Waals surface area contributed by atoms with E-state index in [9.17, 15) is 8.42 Å². The quantitative estimate of drug-likeness (QED) is 0.595. The minimum Gasteiger partial charge on any atom is -0.302 e. The molecule has 3 fully saturated rings. The monoisotopic (exact) mass is 205 g/mol. The summed E-state index contributed by atoms with van der Waals surface area (Å²) in [4.78, 5) is 2.29. The summed E-state index contributed by atoms with van der Waals surface area (Å²) in [5, 5.41) is 5.14. The molecule has 0 atom stereocenters. The lowest BCUT2D eigenvalue weighted by molar-refractivity contribution is 0.233. The van der Waals surface area contributed by atoms with E-state index in [1.165, 1.54) is 4.31 Å². The summed E-state index contributed by atoms with van der Waals surface area (Å²) in [6.45, 7) is 3.41. The van der Waals surface area contributed by atoms with Gasteiger partial charge in [-0.15, -0.1) is 0 Å². The number of hydrogen-bond donors (Lipinski definition) is 1. The van der Waals surface area contributed by atoms with Crippen LogP contribution in [0.5, 0.6) is 0 Å². The molecule has 3 saturated heterocycles. The van der Waals surface area contributed by atoms with Gasteiger partial charge in [-0.25, -0.2) is 5.14 Å². The molecule has 5 nitrogen and oxygen atoms in total. The maximum Gasteiger partial charge on any atom is 0.277 e. The molecule has 3 aliphatic rings. The van der Waals surface area contributed by atoms with Crippen LogP contribution in [-0.2, 0) is 10.2 Å². The lowest BCUT2D eigenvalue weighted by atomic mass is 10.1. The molecule has 0 unspecified atom stereocenters. The molecule has 0 spiro atoms. The minimum absolute atomic E-state index is 0.147. The maximum absolute atomic E-state index is 11.2. The molecule has 0 saturated carbocycles. The molecule has 13 heavy (non-hydrogen) atoms. The molecule has 6 heteroatoms. The molecular weight excluding hydrogens is 190 g/mol. The van der Waals surface area contributed by atoms with Crippen LogP contribution >= 0.6 is 0 Å². The Kier molecular flexibility index (Phi) is 2.31. The van der Waals surface area contributed by atoms with Gasteiger partial charge in [-0.1, -0.05) is 0 Å². The van der Waals surface area contributed by atoms with E-state index >= 15 is 0 Å². The Balaban J connectivity index is 2.21. The van der Waals surface area contributed by atoms with Gasteiger partial charge in [0.15, 0.2) is 0 Å². The van der Waals surface area contributed by atoms with Crippen LogP contribution in [0.2, 0.25) is 0 Å². The molecule has 76 valence electrons. The zero-order chi connectivity index (χ0) is 9.47. The number of fused-ring (bicyclic) bond motifs is 4. The van der Waals surface area contributed by atoms with Gasteiger partial charge >= 0.3 is 0 Å². The van der Waals surface area contributed by atoms with Crippen LogP contribution in [0.3, 0.4) is 0 Å². The Morgan fingerprint density at radius 2 is 1.69 bits per heavy atom. The molecule has 3 heterocycles. The van der Waals surface area contributed by atoms with E-state index < -0.39 is 10.2 Å². The molecule has 0 aromatic heterocycles. The summed E-state index contributed by atoms with van der Waals surface area (Å²) in [5.74, 6) is 0. The van der Waals surface area contributed by atoms with Gasteiger partial charge < -0.3 is 4.90 Å². The SMILES string of the molecule is NS(=O)(=O)N1CCN2CCC1CC2. The van der Waals surface area contributed by atoms with Crippen LogP contribution < -0.4 is 5.14 Å². The zero-order valence-electron chi connectivity index (χ0n) is 7.52. The summed E-state index contributed by atoms with van der Waals surface area (Å²) >= 11 is 0. The van der Waals surface area contributed by atoms with Crippen molar-refractivity contribution in [1.82, 2.24) is 9.21 Å². The second-order valence-electron chi connectivity index (χ2n) is 3.73. The first kappa shape index (κ1) is 9.39. The summed E-state index contributed by atoms with van der Waals surface area (Å²) in [7, 11) is -3.48. The van der Waals surface area contributed by atoms with Crippen LogP contribution in [-0.4, -0.2) is 49.8 Å². The maximum atomic E-state index is 11.2. The van der Waals surface area contributed by atoms with Crippen molar-refractivity contribution in [1.29, 1.82) is 0 Å². The van der Waals surface area contributed by atoms with Gasteiger partial charge in [0.2, 0.25) is 0 Å². The zero-order valence-corrected chi connectivity index (χ0v) is 8.33. The van der Waals surface area contributed by atoms with Crippen molar-refractivity contribution in [2.24, 2.45) is 5.14 Å². The normalized spacial score (nSPS) is 36.1. The lowest BCUT2D eigenvalue weighted by Gasteiger charge is -2.29. The highest BCUT2D eigenvalue weighted by Crippen LogP contribution is 2.21. The number of rotatable bonds is 1. The topological polar surface area (TPSA) is 66.6 Å². The van der Waals surface area contributed by atoms with Gasteiger partial charge in [0.1, 0.15) is 0 Å². The fourth-order valence-corrected chi connectivity index (χ4v) is 3.15. The van der Waals surface area contributed by atoms with E-state index in [4.69, 9.17) is 5.14 Å². The molecular formula is C7H15N3O2S. The van der Waals surface area contributed by atoms with E-state index in [0.717, 1.165) is 32.5 Å². The first-order chi connectivity index (χ1) is 6.07. The molecule has 2 bridgehead atoms. The van der Waals surface area contributed by atoms with E-state index in [1.54, 1.807) is 0 Å². The van der Waals surface area contributed by atoms with Gasteiger partial charge in [-0.05, 0) is 25.9 Å². The van der Waals surface area contributed by atoms with Crippen molar-refractivity contribution in [3.8, 4) is 0 Å². The van der Waals surface area contributed by atoms with Crippen LogP contribution in [0.4, 0.5) is 0 Å². The molecule has 0 aliphatic carbocycles. The predicted octanol–water partition coefficient (Wildman–Crippen LogP) is -1.03. The van der Waals surface area contributed by atoms with Gasteiger partial charge in [-0.3, -0.25) is 0 Å². The highest BCUT2D eigenvalue weighted by Gasteiger charge is 2.34. The van der Waals surface area contributed by atoms with Crippen LogP contribution in [0.25, 0.3) is 0 Å². The Morgan fingerprint density at radius 1 is 1.08 bits per heavy atom. The van der Waals surface area contributed by atoms with Crippen LogP contribution in [0, 0.1) is 0 Å². The molecule has 3 aliphatic heterocycles. The van der Waals surface area contributed by atoms with Crippen LogP contribution in [0.1, 0.15) is 12.8 Å².